The maximum absolute atomic E-state index is 10.7. The van der Waals surface area contributed by atoms with E-state index in [0.29, 0.717) is 11.6 Å². The number of carbonyl (C=O) groups is 1. The minimum absolute atomic E-state index is 0.131. The zero-order valence-electron chi connectivity index (χ0n) is 9.43. The summed E-state index contributed by atoms with van der Waals surface area (Å²) in [7, 11) is 0. The lowest BCUT2D eigenvalue weighted by Gasteiger charge is -1.94. The number of carbonyl (C=O) groups excluding carboxylic acids is 1. The Bertz CT molecular complexity index is 574. The number of nitrogens with two attached hydrogens (primary N) is 1. The monoisotopic (exact) mass is 247 g/mol. The second-order valence-electron chi connectivity index (χ2n) is 3.62. The van der Waals surface area contributed by atoms with Gasteiger partial charge in [0.05, 0.1) is 5.52 Å². The van der Waals surface area contributed by atoms with E-state index < -0.39 is 0 Å². The van der Waals surface area contributed by atoms with Crippen molar-refractivity contribution < 1.29 is 4.79 Å². The number of H-pyrrole nitrogens is 1. The lowest BCUT2D eigenvalue weighted by Crippen LogP contribution is -1.83. The number of benzene rings is 1. The van der Waals surface area contributed by atoms with Gasteiger partial charge in [0.2, 0.25) is 0 Å². The summed E-state index contributed by atoms with van der Waals surface area (Å²) >= 11 is 1.29. The van der Waals surface area contributed by atoms with Crippen LogP contribution in [0.5, 0.6) is 0 Å². The Balaban J connectivity index is 2.11. The number of nitrogens with one attached hydrogen (secondary N) is 1. The predicted molar refractivity (Wildman–Crippen MR) is 72.7 cm³/mol. The number of anilines is 1. The van der Waals surface area contributed by atoms with E-state index in [1.165, 1.54) is 11.8 Å². The van der Waals surface area contributed by atoms with Crippen LogP contribution in [0.1, 0.15) is 12.5 Å². The zero-order valence-corrected chi connectivity index (χ0v) is 10.3. The van der Waals surface area contributed by atoms with E-state index in [2.05, 4.69) is 10.2 Å². The Morgan fingerprint density at radius 2 is 2.41 bits per heavy atom. The van der Waals surface area contributed by atoms with Gasteiger partial charge in [-0.3, -0.25) is 9.89 Å². The highest BCUT2D eigenvalue weighted by Gasteiger charge is 2.00. The molecule has 2 rings (SSSR count). The number of thioether (sulfide) groups is 1. The Morgan fingerprint density at radius 3 is 3.18 bits per heavy atom. The quantitative estimate of drug-likeness (QED) is 0.873. The van der Waals surface area contributed by atoms with Crippen molar-refractivity contribution in [3.05, 3.63) is 29.8 Å². The highest BCUT2D eigenvalue weighted by atomic mass is 32.2. The summed E-state index contributed by atoms with van der Waals surface area (Å²) in [5.41, 5.74) is 7.66. The molecular weight excluding hydrogens is 234 g/mol. The highest BCUT2D eigenvalue weighted by Crippen LogP contribution is 2.19. The van der Waals surface area contributed by atoms with Crippen LogP contribution in [0, 0.1) is 0 Å². The Labute approximate surface area is 103 Å². The fourth-order valence-electron chi connectivity index (χ4n) is 1.51. The van der Waals surface area contributed by atoms with Crippen molar-refractivity contribution in [3.63, 3.8) is 0 Å². The van der Waals surface area contributed by atoms with E-state index in [4.69, 9.17) is 5.73 Å². The SMILES string of the molecule is CC(=O)SCC=Cc1ccc2c(N)n[nH]c2c1. The maximum atomic E-state index is 10.7. The summed E-state index contributed by atoms with van der Waals surface area (Å²) in [6, 6.07) is 5.89. The van der Waals surface area contributed by atoms with Crippen LogP contribution in [0.2, 0.25) is 0 Å². The molecule has 0 bridgehead atoms. The lowest BCUT2D eigenvalue weighted by molar-refractivity contribution is -0.109. The predicted octanol–water partition coefficient (Wildman–Crippen LogP) is 2.44. The maximum Gasteiger partial charge on any atom is 0.186 e. The van der Waals surface area contributed by atoms with E-state index in [1.54, 1.807) is 6.92 Å². The van der Waals surface area contributed by atoms with Gasteiger partial charge < -0.3 is 5.73 Å². The van der Waals surface area contributed by atoms with Crippen molar-refractivity contribution >= 4 is 39.7 Å². The summed E-state index contributed by atoms with van der Waals surface area (Å²) < 4.78 is 0. The molecule has 0 saturated heterocycles. The summed E-state index contributed by atoms with van der Waals surface area (Å²) in [5.74, 6) is 1.21. The van der Waals surface area contributed by atoms with Gasteiger partial charge in [-0.25, -0.2) is 0 Å². The van der Waals surface area contributed by atoms with E-state index in [9.17, 15) is 4.79 Å². The molecule has 0 aliphatic carbocycles. The van der Waals surface area contributed by atoms with E-state index >= 15 is 0 Å². The molecule has 88 valence electrons. The number of hydrogen-bond donors (Lipinski definition) is 2. The molecule has 5 heteroatoms. The molecule has 17 heavy (non-hydrogen) atoms. The molecule has 0 saturated carbocycles. The van der Waals surface area contributed by atoms with Crippen molar-refractivity contribution in [2.75, 3.05) is 11.5 Å². The van der Waals surface area contributed by atoms with Crippen molar-refractivity contribution in [3.8, 4) is 0 Å². The zero-order chi connectivity index (χ0) is 12.3. The van der Waals surface area contributed by atoms with Crippen LogP contribution in [0.3, 0.4) is 0 Å². The van der Waals surface area contributed by atoms with Crippen LogP contribution in [0.15, 0.2) is 24.3 Å². The minimum atomic E-state index is 0.131. The van der Waals surface area contributed by atoms with Crippen molar-refractivity contribution in [1.82, 2.24) is 10.2 Å². The van der Waals surface area contributed by atoms with Gasteiger partial charge in [0.15, 0.2) is 10.9 Å². The third kappa shape index (κ3) is 2.88. The normalized spacial score (nSPS) is 11.4. The molecule has 0 amide bonds. The summed E-state index contributed by atoms with van der Waals surface area (Å²) in [4.78, 5) is 10.7. The number of nitrogens with zero attached hydrogens (tertiary/aromatic N) is 1. The van der Waals surface area contributed by atoms with Gasteiger partial charge in [-0.1, -0.05) is 30.0 Å². The second kappa shape index (κ2) is 5.05. The number of nitrogen functional groups attached to an aromatic ring is 1. The fourth-order valence-corrected chi connectivity index (χ4v) is 1.94. The molecule has 0 atom stereocenters. The van der Waals surface area contributed by atoms with Gasteiger partial charge in [-0.05, 0) is 17.7 Å². The molecule has 0 aliphatic rings. The number of fused-ring (bicyclic) bond motifs is 1. The van der Waals surface area contributed by atoms with Crippen LogP contribution >= 0.6 is 11.8 Å². The number of aromatic nitrogens is 2. The second-order valence-corrected chi connectivity index (χ2v) is 4.82. The standard InChI is InChI=1S/C12H13N3OS/c1-8(16)17-6-2-3-9-4-5-10-11(7-9)14-15-12(10)13/h2-5,7H,6H2,1H3,(H3,13,14,15). The molecule has 0 radical (unpaired) electrons. The van der Waals surface area contributed by atoms with Gasteiger partial charge in [0.1, 0.15) is 0 Å². The molecule has 1 aromatic heterocycles. The summed E-state index contributed by atoms with van der Waals surface area (Å²) in [5, 5.41) is 7.87. The van der Waals surface area contributed by atoms with Crippen LogP contribution in [-0.2, 0) is 4.79 Å². The van der Waals surface area contributed by atoms with Crippen molar-refractivity contribution in [2.45, 2.75) is 6.92 Å². The van der Waals surface area contributed by atoms with Crippen LogP contribution in [-0.4, -0.2) is 21.1 Å². The number of rotatable bonds is 3. The average molecular weight is 247 g/mol. The summed E-state index contributed by atoms with van der Waals surface area (Å²) in [6.45, 7) is 1.57. The van der Waals surface area contributed by atoms with Gasteiger partial charge in [0, 0.05) is 18.1 Å². The topological polar surface area (TPSA) is 71.8 Å². The highest BCUT2D eigenvalue weighted by molar-refractivity contribution is 8.13. The molecule has 1 aromatic carbocycles. The lowest BCUT2D eigenvalue weighted by atomic mass is 10.1. The van der Waals surface area contributed by atoms with Crippen LogP contribution in [0.4, 0.5) is 5.82 Å². The van der Waals surface area contributed by atoms with Crippen molar-refractivity contribution in [1.29, 1.82) is 0 Å². The van der Waals surface area contributed by atoms with Crippen LogP contribution < -0.4 is 5.73 Å². The molecule has 0 aliphatic heterocycles. The van der Waals surface area contributed by atoms with Gasteiger partial charge in [-0.15, -0.1) is 0 Å². The molecule has 1 heterocycles. The Morgan fingerprint density at radius 1 is 1.59 bits per heavy atom. The minimum Gasteiger partial charge on any atom is -0.382 e. The third-order valence-electron chi connectivity index (χ3n) is 2.31. The first kappa shape index (κ1) is 11.7. The Kier molecular flexibility index (Phi) is 3.49. The van der Waals surface area contributed by atoms with Crippen molar-refractivity contribution in [2.24, 2.45) is 0 Å². The molecule has 3 N–H and O–H groups in total. The molecule has 0 unspecified atom stereocenters. The van der Waals surface area contributed by atoms with Gasteiger partial charge >= 0.3 is 0 Å². The third-order valence-corrected chi connectivity index (χ3v) is 3.08. The van der Waals surface area contributed by atoms with E-state index in [-0.39, 0.29) is 5.12 Å². The average Bonchev–Trinajstić information content (AvgIpc) is 2.66. The molecule has 0 fully saturated rings. The fraction of sp³-hybridized carbons (Fsp3) is 0.167. The van der Waals surface area contributed by atoms with Gasteiger partial charge in [0.25, 0.3) is 0 Å². The molecular formula is C12H13N3OS. The largest absolute Gasteiger partial charge is 0.382 e. The van der Waals surface area contributed by atoms with E-state index in [1.807, 2.05) is 30.4 Å². The number of hydrogen-bond acceptors (Lipinski definition) is 4. The van der Waals surface area contributed by atoms with E-state index in [0.717, 1.165) is 16.5 Å². The smallest absolute Gasteiger partial charge is 0.186 e. The first-order chi connectivity index (χ1) is 8.16. The van der Waals surface area contributed by atoms with Gasteiger partial charge in [-0.2, -0.15) is 5.10 Å². The molecule has 2 aromatic rings. The summed E-state index contributed by atoms with van der Waals surface area (Å²) in [6.07, 6.45) is 3.94. The first-order valence-corrected chi connectivity index (χ1v) is 6.19. The first-order valence-electron chi connectivity index (χ1n) is 5.20. The number of aromatic amines is 1. The van der Waals surface area contributed by atoms with Crippen LogP contribution in [0.25, 0.3) is 17.0 Å². The Hall–Kier alpha value is -1.75. The molecule has 4 nitrogen and oxygen atoms in total. The molecule has 0 spiro atoms.